The molecule has 0 aliphatic carbocycles. The van der Waals surface area contributed by atoms with E-state index in [4.69, 9.17) is 11.6 Å². The van der Waals surface area contributed by atoms with Gasteiger partial charge >= 0.3 is 0 Å². The number of nitrogens with one attached hydrogen (secondary N) is 1. The molecule has 5 nitrogen and oxygen atoms in total. The van der Waals surface area contributed by atoms with Gasteiger partial charge in [0.25, 0.3) is 5.69 Å². The standard InChI is InChI=1S/C11H15ClN2O3S/c1-11(15,7-18-2)6-13-10-8(12)4-3-5-9(10)14(16)17/h3-5,13,15H,6-7H2,1-2H3. The molecule has 0 heterocycles. The Kier molecular flexibility index (Phi) is 5.25. The van der Waals surface area contributed by atoms with Crippen molar-refractivity contribution < 1.29 is 10.0 Å². The van der Waals surface area contributed by atoms with Crippen LogP contribution in [0.15, 0.2) is 18.2 Å². The van der Waals surface area contributed by atoms with Gasteiger partial charge in [0.2, 0.25) is 0 Å². The molecule has 2 N–H and O–H groups in total. The highest BCUT2D eigenvalue weighted by Crippen LogP contribution is 2.32. The maximum atomic E-state index is 10.9. The average Bonchev–Trinajstić information content (AvgIpc) is 2.26. The largest absolute Gasteiger partial charge is 0.387 e. The topological polar surface area (TPSA) is 75.4 Å². The Morgan fingerprint density at radius 3 is 2.83 bits per heavy atom. The van der Waals surface area contributed by atoms with Gasteiger partial charge in [0, 0.05) is 18.4 Å². The van der Waals surface area contributed by atoms with Crippen LogP contribution >= 0.6 is 23.4 Å². The van der Waals surface area contributed by atoms with Crippen molar-refractivity contribution in [3.63, 3.8) is 0 Å². The zero-order chi connectivity index (χ0) is 13.8. The molecule has 0 saturated heterocycles. The minimum atomic E-state index is -0.952. The summed E-state index contributed by atoms with van der Waals surface area (Å²) in [4.78, 5) is 10.4. The molecule has 0 spiro atoms. The molecule has 7 heteroatoms. The molecular weight excluding hydrogens is 276 g/mol. The van der Waals surface area contributed by atoms with Crippen LogP contribution in [0.1, 0.15) is 6.92 Å². The lowest BCUT2D eigenvalue weighted by Crippen LogP contribution is -2.36. The van der Waals surface area contributed by atoms with E-state index in [1.54, 1.807) is 13.0 Å². The quantitative estimate of drug-likeness (QED) is 0.622. The third-order valence-corrected chi connectivity index (χ3v) is 3.52. The highest BCUT2D eigenvalue weighted by atomic mass is 35.5. The van der Waals surface area contributed by atoms with Gasteiger partial charge in [-0.25, -0.2) is 0 Å². The van der Waals surface area contributed by atoms with Crippen LogP contribution < -0.4 is 5.32 Å². The maximum absolute atomic E-state index is 10.9. The summed E-state index contributed by atoms with van der Waals surface area (Å²) in [6.07, 6.45) is 1.88. The van der Waals surface area contributed by atoms with Crippen molar-refractivity contribution in [2.24, 2.45) is 0 Å². The highest BCUT2D eigenvalue weighted by molar-refractivity contribution is 7.98. The summed E-state index contributed by atoms with van der Waals surface area (Å²) in [5.41, 5.74) is -0.806. The van der Waals surface area contributed by atoms with E-state index in [9.17, 15) is 15.2 Å². The minimum Gasteiger partial charge on any atom is -0.387 e. The predicted octanol–water partition coefficient (Wildman–Crippen LogP) is 2.77. The summed E-state index contributed by atoms with van der Waals surface area (Å²) in [5.74, 6) is 0.526. The molecule has 100 valence electrons. The Morgan fingerprint density at radius 1 is 1.61 bits per heavy atom. The van der Waals surface area contributed by atoms with E-state index in [0.29, 0.717) is 5.75 Å². The lowest BCUT2D eigenvalue weighted by molar-refractivity contribution is -0.384. The smallest absolute Gasteiger partial charge is 0.293 e. The van der Waals surface area contributed by atoms with E-state index in [2.05, 4.69) is 5.32 Å². The van der Waals surface area contributed by atoms with Crippen LogP contribution in [0.25, 0.3) is 0 Å². The fourth-order valence-electron chi connectivity index (χ4n) is 1.48. The van der Waals surface area contributed by atoms with E-state index in [1.807, 2.05) is 6.26 Å². The van der Waals surface area contributed by atoms with Crippen molar-refractivity contribution in [2.75, 3.05) is 23.9 Å². The number of benzene rings is 1. The first-order chi connectivity index (χ1) is 8.37. The van der Waals surface area contributed by atoms with Crippen LogP contribution in [0.4, 0.5) is 11.4 Å². The number of nitrogens with zero attached hydrogens (tertiary/aromatic N) is 1. The van der Waals surface area contributed by atoms with Crippen LogP contribution in [0, 0.1) is 10.1 Å². The van der Waals surface area contributed by atoms with Crippen molar-refractivity contribution in [3.8, 4) is 0 Å². The van der Waals surface area contributed by atoms with E-state index in [1.165, 1.54) is 23.9 Å². The van der Waals surface area contributed by atoms with Gasteiger partial charge in [-0.1, -0.05) is 17.7 Å². The van der Waals surface area contributed by atoms with E-state index in [-0.39, 0.29) is 22.9 Å². The number of aliphatic hydroxyl groups is 1. The van der Waals surface area contributed by atoms with Crippen molar-refractivity contribution in [2.45, 2.75) is 12.5 Å². The van der Waals surface area contributed by atoms with Gasteiger partial charge in [0.15, 0.2) is 0 Å². The summed E-state index contributed by atoms with van der Waals surface area (Å²) in [6, 6.07) is 4.46. The van der Waals surface area contributed by atoms with Crippen molar-refractivity contribution in [1.82, 2.24) is 0 Å². The highest BCUT2D eigenvalue weighted by Gasteiger charge is 2.23. The first kappa shape index (κ1) is 15.1. The number of nitro groups is 1. The molecule has 0 bridgehead atoms. The molecule has 1 atom stereocenters. The summed E-state index contributed by atoms with van der Waals surface area (Å²) in [5, 5.41) is 24.0. The number of rotatable bonds is 6. The van der Waals surface area contributed by atoms with E-state index < -0.39 is 10.5 Å². The number of hydrogen-bond donors (Lipinski definition) is 2. The molecule has 1 aromatic carbocycles. The molecule has 0 aliphatic rings. The van der Waals surface area contributed by atoms with Gasteiger partial charge in [-0.2, -0.15) is 11.8 Å². The Bertz CT molecular complexity index is 440. The Morgan fingerprint density at radius 2 is 2.28 bits per heavy atom. The van der Waals surface area contributed by atoms with E-state index >= 15 is 0 Å². The lowest BCUT2D eigenvalue weighted by atomic mass is 10.1. The molecular formula is C11H15ClN2O3S. The van der Waals surface area contributed by atoms with Gasteiger partial charge in [-0.3, -0.25) is 10.1 Å². The van der Waals surface area contributed by atoms with Crippen LogP contribution in [0.2, 0.25) is 5.02 Å². The van der Waals surface area contributed by atoms with Gasteiger partial charge in [0.05, 0.1) is 15.5 Å². The molecule has 0 aliphatic heterocycles. The lowest BCUT2D eigenvalue weighted by Gasteiger charge is -2.23. The summed E-state index contributed by atoms with van der Waals surface area (Å²) >= 11 is 7.43. The summed E-state index contributed by atoms with van der Waals surface area (Å²) in [7, 11) is 0. The second-order valence-corrected chi connectivity index (χ2v) is 5.45. The minimum absolute atomic E-state index is 0.0950. The average molecular weight is 291 g/mol. The Balaban J connectivity index is 2.87. The van der Waals surface area contributed by atoms with Crippen LogP contribution in [-0.2, 0) is 0 Å². The van der Waals surface area contributed by atoms with Crippen LogP contribution in [0.5, 0.6) is 0 Å². The molecule has 1 unspecified atom stereocenters. The van der Waals surface area contributed by atoms with Gasteiger partial charge < -0.3 is 10.4 Å². The first-order valence-corrected chi connectivity index (χ1v) is 7.02. The van der Waals surface area contributed by atoms with Gasteiger partial charge in [-0.05, 0) is 19.2 Å². The molecule has 0 amide bonds. The maximum Gasteiger partial charge on any atom is 0.293 e. The molecule has 0 aromatic heterocycles. The Labute approximate surface area is 115 Å². The van der Waals surface area contributed by atoms with Crippen molar-refractivity contribution in [1.29, 1.82) is 0 Å². The number of hydrogen-bond acceptors (Lipinski definition) is 5. The van der Waals surface area contributed by atoms with Gasteiger partial charge in [-0.15, -0.1) is 0 Å². The number of para-hydroxylation sites is 1. The van der Waals surface area contributed by atoms with Crippen LogP contribution in [0.3, 0.4) is 0 Å². The molecule has 0 fully saturated rings. The number of thioether (sulfide) groups is 1. The monoisotopic (exact) mass is 290 g/mol. The summed E-state index contributed by atoms with van der Waals surface area (Å²) < 4.78 is 0. The number of anilines is 1. The van der Waals surface area contributed by atoms with E-state index in [0.717, 1.165) is 0 Å². The SMILES string of the molecule is CSCC(C)(O)CNc1c(Cl)cccc1[N+](=O)[O-]. The normalized spacial score (nSPS) is 14.0. The molecule has 18 heavy (non-hydrogen) atoms. The second-order valence-electron chi connectivity index (χ2n) is 4.17. The first-order valence-electron chi connectivity index (χ1n) is 5.25. The zero-order valence-electron chi connectivity index (χ0n) is 10.1. The fraction of sp³-hybridized carbons (Fsp3) is 0.455. The Hall–Kier alpha value is -0.980. The molecule has 0 saturated carbocycles. The fourth-order valence-corrected chi connectivity index (χ4v) is 2.44. The predicted molar refractivity (Wildman–Crippen MR) is 75.6 cm³/mol. The van der Waals surface area contributed by atoms with Crippen LogP contribution in [-0.4, -0.2) is 34.2 Å². The molecule has 0 radical (unpaired) electrons. The second kappa shape index (κ2) is 6.26. The van der Waals surface area contributed by atoms with Gasteiger partial charge in [0.1, 0.15) is 5.69 Å². The number of nitro benzene ring substituents is 1. The summed E-state index contributed by atoms with van der Waals surface area (Å²) in [6.45, 7) is 1.86. The van der Waals surface area contributed by atoms with Crippen molar-refractivity contribution in [3.05, 3.63) is 33.3 Å². The molecule has 1 aromatic rings. The van der Waals surface area contributed by atoms with Crippen molar-refractivity contribution >= 4 is 34.7 Å². The molecule has 1 rings (SSSR count). The third kappa shape index (κ3) is 4.04. The third-order valence-electron chi connectivity index (χ3n) is 2.29. The number of halogens is 1. The zero-order valence-corrected chi connectivity index (χ0v) is 11.7.